The summed E-state index contributed by atoms with van der Waals surface area (Å²) >= 11 is 0. The number of aromatic hydroxyl groups is 3. The monoisotopic (exact) mass is 370 g/mol. The van der Waals surface area contributed by atoms with Gasteiger partial charge in [0.05, 0.1) is 14.2 Å². The molecule has 142 valence electrons. The van der Waals surface area contributed by atoms with E-state index >= 15 is 0 Å². The molecule has 4 bridgehead atoms. The summed E-state index contributed by atoms with van der Waals surface area (Å²) in [6.07, 6.45) is 5.39. The Morgan fingerprint density at radius 1 is 0.815 bits per heavy atom. The van der Waals surface area contributed by atoms with Crippen LogP contribution in [0.4, 0.5) is 0 Å². The maximum atomic E-state index is 12.0. The second kappa shape index (κ2) is 7.61. The zero-order valence-electron chi connectivity index (χ0n) is 15.3. The summed E-state index contributed by atoms with van der Waals surface area (Å²) in [6.45, 7) is 0. The largest absolute Gasteiger partial charge is 0.504 e. The molecule has 0 aromatic heterocycles. The van der Waals surface area contributed by atoms with Crippen LogP contribution < -0.4 is 9.47 Å². The molecular formula is C21H22O6. The highest BCUT2D eigenvalue weighted by atomic mass is 16.5. The zero-order chi connectivity index (χ0) is 19.6. The quantitative estimate of drug-likeness (QED) is 0.696. The number of phenols is 3. The van der Waals surface area contributed by atoms with Gasteiger partial charge < -0.3 is 24.8 Å². The van der Waals surface area contributed by atoms with E-state index in [-0.39, 0.29) is 34.5 Å². The number of allylic oxidation sites excluding steroid dienone is 1. The van der Waals surface area contributed by atoms with Gasteiger partial charge in [-0.3, -0.25) is 4.79 Å². The highest BCUT2D eigenvalue weighted by Crippen LogP contribution is 2.50. The molecule has 0 radical (unpaired) electrons. The van der Waals surface area contributed by atoms with E-state index in [9.17, 15) is 20.1 Å². The number of ketones is 1. The molecule has 6 nitrogen and oxygen atoms in total. The molecule has 3 rings (SSSR count). The van der Waals surface area contributed by atoms with Crippen LogP contribution in [0.2, 0.25) is 0 Å². The molecule has 0 saturated heterocycles. The van der Waals surface area contributed by atoms with Gasteiger partial charge >= 0.3 is 0 Å². The van der Waals surface area contributed by atoms with E-state index in [4.69, 9.17) is 9.47 Å². The molecule has 0 amide bonds. The minimum absolute atomic E-state index is 0.0190. The Balaban J connectivity index is 2.34. The molecule has 3 N–H and O–H groups in total. The van der Waals surface area contributed by atoms with Gasteiger partial charge in [-0.2, -0.15) is 0 Å². The summed E-state index contributed by atoms with van der Waals surface area (Å²) in [4.78, 5) is 12.0. The Labute approximate surface area is 157 Å². The molecule has 0 aliphatic heterocycles. The normalized spacial score (nSPS) is 15.3. The van der Waals surface area contributed by atoms with Crippen molar-refractivity contribution in [3.63, 3.8) is 0 Å². The molecule has 6 heteroatoms. The molecule has 0 atom stereocenters. The predicted molar refractivity (Wildman–Crippen MR) is 102 cm³/mol. The fraction of sp³-hybridized carbons (Fsp3) is 0.286. The Morgan fingerprint density at radius 3 is 2.22 bits per heavy atom. The van der Waals surface area contributed by atoms with E-state index < -0.39 is 0 Å². The lowest BCUT2D eigenvalue weighted by Crippen LogP contribution is -1.99. The van der Waals surface area contributed by atoms with E-state index in [0.29, 0.717) is 47.9 Å². The first-order chi connectivity index (χ1) is 13.0. The molecule has 1 aliphatic carbocycles. The number of carbonyl (C=O) groups excluding carboxylic acids is 1. The van der Waals surface area contributed by atoms with Gasteiger partial charge in [-0.25, -0.2) is 0 Å². The fourth-order valence-electron chi connectivity index (χ4n) is 3.30. The third-order valence-electron chi connectivity index (χ3n) is 4.68. The lowest BCUT2D eigenvalue weighted by atomic mass is 9.95. The summed E-state index contributed by atoms with van der Waals surface area (Å²) in [7, 11) is 2.86. The van der Waals surface area contributed by atoms with Gasteiger partial charge in [-0.05, 0) is 54.7 Å². The molecule has 0 unspecified atom stereocenters. The Bertz CT molecular complexity index is 914. The van der Waals surface area contributed by atoms with Crippen LogP contribution >= 0.6 is 0 Å². The van der Waals surface area contributed by atoms with Crippen molar-refractivity contribution >= 4 is 11.9 Å². The number of ether oxygens (including phenoxy) is 2. The standard InChI is InChI=1S/C21H22O6/c1-26-20-16-11-13(18(24)21(20)27-2)5-3-4-6-14(22)8-7-12-9-15(16)19(25)17(23)10-12/h7-11,23-25H,3-6H2,1-2H3/b8-7-. The average Bonchev–Trinajstić information content (AvgIpc) is 2.66. The van der Waals surface area contributed by atoms with Crippen molar-refractivity contribution in [2.24, 2.45) is 0 Å². The highest BCUT2D eigenvalue weighted by molar-refractivity contribution is 5.94. The van der Waals surface area contributed by atoms with Crippen LogP contribution in [0.15, 0.2) is 24.3 Å². The average molecular weight is 370 g/mol. The van der Waals surface area contributed by atoms with Crippen LogP contribution in [0.5, 0.6) is 28.7 Å². The minimum Gasteiger partial charge on any atom is -0.504 e. The lowest BCUT2D eigenvalue weighted by molar-refractivity contribution is -0.114. The Hall–Kier alpha value is -3.15. The molecule has 2 aromatic carbocycles. The van der Waals surface area contributed by atoms with Crippen molar-refractivity contribution < 1.29 is 29.6 Å². The third-order valence-corrected chi connectivity index (χ3v) is 4.68. The second-order valence-corrected chi connectivity index (χ2v) is 6.44. The molecule has 0 spiro atoms. The number of rotatable bonds is 2. The number of aryl methyl sites for hydroxylation is 1. The van der Waals surface area contributed by atoms with Crippen LogP contribution in [0.3, 0.4) is 0 Å². The van der Waals surface area contributed by atoms with E-state index in [1.54, 1.807) is 18.2 Å². The molecule has 2 aromatic rings. The zero-order valence-corrected chi connectivity index (χ0v) is 15.3. The maximum absolute atomic E-state index is 12.0. The van der Waals surface area contributed by atoms with Crippen LogP contribution in [-0.2, 0) is 11.2 Å². The second-order valence-electron chi connectivity index (χ2n) is 6.44. The number of benzene rings is 2. The SMILES string of the molecule is COc1c2cc(c(O)c1OC)CCCCC(=O)/C=C\c1cc(O)c(O)c-2c1. The molecule has 0 heterocycles. The Morgan fingerprint density at radius 2 is 1.52 bits per heavy atom. The first kappa shape index (κ1) is 18.6. The van der Waals surface area contributed by atoms with E-state index in [2.05, 4.69) is 0 Å². The van der Waals surface area contributed by atoms with Crippen LogP contribution in [0, 0.1) is 0 Å². The summed E-state index contributed by atoms with van der Waals surface area (Å²) in [6, 6.07) is 4.75. The number of hydrogen-bond donors (Lipinski definition) is 3. The van der Waals surface area contributed by atoms with Gasteiger partial charge in [0, 0.05) is 17.5 Å². The fourth-order valence-corrected chi connectivity index (χ4v) is 3.30. The van der Waals surface area contributed by atoms with E-state index in [1.165, 1.54) is 26.4 Å². The third kappa shape index (κ3) is 3.56. The van der Waals surface area contributed by atoms with Crippen molar-refractivity contribution in [2.75, 3.05) is 14.2 Å². The number of fused-ring (bicyclic) bond motifs is 5. The van der Waals surface area contributed by atoms with Gasteiger partial charge in [0.25, 0.3) is 0 Å². The number of methoxy groups -OCH3 is 2. The van der Waals surface area contributed by atoms with E-state index in [1.807, 2.05) is 0 Å². The van der Waals surface area contributed by atoms with Crippen molar-refractivity contribution in [3.05, 3.63) is 35.4 Å². The molecule has 0 saturated carbocycles. The molecule has 1 aliphatic rings. The minimum atomic E-state index is -0.315. The van der Waals surface area contributed by atoms with Crippen molar-refractivity contribution in [1.82, 2.24) is 0 Å². The Kier molecular flexibility index (Phi) is 5.26. The van der Waals surface area contributed by atoms with Gasteiger partial charge in [-0.15, -0.1) is 0 Å². The van der Waals surface area contributed by atoms with Gasteiger partial charge in [0.15, 0.2) is 28.8 Å². The first-order valence-corrected chi connectivity index (χ1v) is 8.70. The van der Waals surface area contributed by atoms with Gasteiger partial charge in [-0.1, -0.05) is 6.08 Å². The predicted octanol–water partition coefficient (Wildman–Crippen LogP) is 3.80. The first-order valence-electron chi connectivity index (χ1n) is 8.70. The molecule has 0 fully saturated rings. The lowest BCUT2D eigenvalue weighted by Gasteiger charge is -2.18. The number of phenolic OH excluding ortho intramolecular Hbond substituents is 3. The van der Waals surface area contributed by atoms with E-state index in [0.717, 1.165) is 0 Å². The van der Waals surface area contributed by atoms with Gasteiger partial charge in [0.1, 0.15) is 0 Å². The van der Waals surface area contributed by atoms with Crippen molar-refractivity contribution in [3.8, 4) is 39.9 Å². The summed E-state index contributed by atoms with van der Waals surface area (Å²) < 4.78 is 10.8. The summed E-state index contributed by atoms with van der Waals surface area (Å²) in [5, 5.41) is 31.2. The van der Waals surface area contributed by atoms with Gasteiger partial charge in [0.2, 0.25) is 5.75 Å². The van der Waals surface area contributed by atoms with Crippen molar-refractivity contribution in [2.45, 2.75) is 25.7 Å². The summed E-state index contributed by atoms with van der Waals surface area (Å²) in [5.74, 6) is -0.265. The molecule has 27 heavy (non-hydrogen) atoms. The molecular weight excluding hydrogens is 348 g/mol. The topological polar surface area (TPSA) is 96.2 Å². The maximum Gasteiger partial charge on any atom is 0.203 e. The smallest absolute Gasteiger partial charge is 0.203 e. The van der Waals surface area contributed by atoms with Crippen molar-refractivity contribution in [1.29, 1.82) is 0 Å². The number of hydrogen-bond acceptors (Lipinski definition) is 6. The highest BCUT2D eigenvalue weighted by Gasteiger charge is 2.23. The summed E-state index contributed by atoms with van der Waals surface area (Å²) in [5.41, 5.74) is 1.98. The van der Waals surface area contributed by atoms with Crippen LogP contribution in [0.25, 0.3) is 17.2 Å². The van der Waals surface area contributed by atoms with Crippen LogP contribution in [0.1, 0.15) is 30.4 Å². The number of carbonyl (C=O) groups is 1. The van der Waals surface area contributed by atoms with Crippen LogP contribution in [-0.4, -0.2) is 35.3 Å².